The second kappa shape index (κ2) is 7.82. The van der Waals surface area contributed by atoms with Gasteiger partial charge in [-0.2, -0.15) is 0 Å². The Morgan fingerprint density at radius 3 is 2.11 bits per heavy atom. The van der Waals surface area contributed by atoms with Crippen LogP contribution < -0.4 is 10.2 Å². The van der Waals surface area contributed by atoms with Crippen LogP contribution in [0.3, 0.4) is 0 Å². The van der Waals surface area contributed by atoms with E-state index in [4.69, 9.17) is 0 Å². The van der Waals surface area contributed by atoms with E-state index < -0.39 is 0 Å². The molecule has 1 heterocycles. The molecule has 1 aliphatic heterocycles. The Labute approximate surface area is 160 Å². The molecule has 1 saturated heterocycles. The van der Waals surface area contributed by atoms with E-state index in [1.165, 1.54) is 0 Å². The zero-order valence-electron chi connectivity index (χ0n) is 15.4. The Balaban J connectivity index is 1.31. The first kappa shape index (κ1) is 17.6. The fourth-order valence-corrected chi connectivity index (χ4v) is 3.60. The molecular weight excluding hydrogens is 338 g/mol. The molecular formula is C22H25N3O2. The smallest absolute Gasteiger partial charge is 0.253 e. The van der Waals surface area contributed by atoms with Crippen LogP contribution in [0.25, 0.3) is 0 Å². The second-order valence-corrected chi connectivity index (χ2v) is 7.31. The SMILES string of the molecule is O=C(Nc1ccc(N2CCN(C(=O)c3ccccc3)CC2)cc1)C1CCC1. The molecule has 140 valence electrons. The standard InChI is InChI=1S/C22H25N3O2/c26-21(17-7-4-8-17)23-19-9-11-20(12-10-19)24-13-15-25(16-14-24)22(27)18-5-2-1-3-6-18/h1-3,5-6,9-12,17H,4,7-8,13-16H2,(H,23,26). The number of rotatable bonds is 4. The maximum absolute atomic E-state index is 12.5. The average Bonchev–Trinajstić information content (AvgIpc) is 2.67. The number of nitrogens with zero attached hydrogens (tertiary/aromatic N) is 2. The Bertz CT molecular complexity index is 792. The van der Waals surface area contributed by atoms with Crippen LogP contribution in [0.15, 0.2) is 54.6 Å². The fraction of sp³-hybridized carbons (Fsp3) is 0.364. The van der Waals surface area contributed by atoms with Crippen molar-refractivity contribution in [2.24, 2.45) is 5.92 Å². The maximum atomic E-state index is 12.5. The number of hydrogen-bond acceptors (Lipinski definition) is 3. The Kier molecular flexibility index (Phi) is 5.10. The van der Waals surface area contributed by atoms with Crippen LogP contribution in [0.4, 0.5) is 11.4 Å². The van der Waals surface area contributed by atoms with Crippen LogP contribution >= 0.6 is 0 Å². The summed E-state index contributed by atoms with van der Waals surface area (Å²) in [5.74, 6) is 0.436. The molecule has 2 amide bonds. The van der Waals surface area contributed by atoms with Crippen molar-refractivity contribution in [3.05, 3.63) is 60.2 Å². The molecule has 2 aromatic rings. The summed E-state index contributed by atoms with van der Waals surface area (Å²) in [7, 11) is 0. The van der Waals surface area contributed by atoms with E-state index in [1.54, 1.807) is 0 Å². The van der Waals surface area contributed by atoms with E-state index in [2.05, 4.69) is 10.2 Å². The third-order valence-corrected chi connectivity index (χ3v) is 5.56. The minimum absolute atomic E-state index is 0.101. The van der Waals surface area contributed by atoms with Crippen LogP contribution in [0.2, 0.25) is 0 Å². The Hall–Kier alpha value is -2.82. The van der Waals surface area contributed by atoms with E-state index in [1.807, 2.05) is 59.5 Å². The second-order valence-electron chi connectivity index (χ2n) is 7.31. The molecule has 27 heavy (non-hydrogen) atoms. The minimum atomic E-state index is 0.101. The lowest BCUT2D eigenvalue weighted by Gasteiger charge is -2.36. The summed E-state index contributed by atoms with van der Waals surface area (Å²) in [5.41, 5.74) is 2.73. The lowest BCUT2D eigenvalue weighted by Crippen LogP contribution is -2.48. The molecule has 5 nitrogen and oxygen atoms in total. The van der Waals surface area contributed by atoms with Crippen LogP contribution in [0.1, 0.15) is 29.6 Å². The normalized spacial score (nSPS) is 17.3. The van der Waals surface area contributed by atoms with Crippen molar-refractivity contribution in [1.29, 1.82) is 0 Å². The number of benzene rings is 2. The number of amides is 2. The molecule has 2 aliphatic rings. The summed E-state index contributed by atoms with van der Waals surface area (Å²) in [6, 6.07) is 17.5. The van der Waals surface area contributed by atoms with Crippen molar-refractivity contribution < 1.29 is 9.59 Å². The Morgan fingerprint density at radius 1 is 0.852 bits per heavy atom. The van der Waals surface area contributed by atoms with Gasteiger partial charge in [0.05, 0.1) is 0 Å². The van der Waals surface area contributed by atoms with E-state index in [-0.39, 0.29) is 17.7 Å². The number of carbonyl (C=O) groups excluding carboxylic acids is 2. The molecule has 2 fully saturated rings. The van der Waals surface area contributed by atoms with E-state index in [0.29, 0.717) is 13.1 Å². The summed E-state index contributed by atoms with van der Waals surface area (Å²) in [5, 5.41) is 3.00. The minimum Gasteiger partial charge on any atom is -0.368 e. The maximum Gasteiger partial charge on any atom is 0.253 e. The molecule has 2 aromatic carbocycles. The van der Waals surface area contributed by atoms with Crippen LogP contribution in [-0.2, 0) is 4.79 Å². The highest BCUT2D eigenvalue weighted by molar-refractivity contribution is 5.94. The van der Waals surface area contributed by atoms with E-state index in [0.717, 1.165) is 49.3 Å². The van der Waals surface area contributed by atoms with Gasteiger partial charge in [-0.1, -0.05) is 24.6 Å². The van der Waals surface area contributed by atoms with Crippen LogP contribution in [-0.4, -0.2) is 42.9 Å². The molecule has 4 rings (SSSR count). The highest BCUT2D eigenvalue weighted by atomic mass is 16.2. The number of anilines is 2. The number of nitrogens with one attached hydrogen (secondary N) is 1. The summed E-state index contributed by atoms with van der Waals surface area (Å²) in [6.07, 6.45) is 3.18. The molecule has 1 N–H and O–H groups in total. The molecule has 0 unspecified atom stereocenters. The van der Waals surface area contributed by atoms with Crippen molar-refractivity contribution in [2.45, 2.75) is 19.3 Å². The van der Waals surface area contributed by atoms with Gasteiger partial charge in [0.1, 0.15) is 0 Å². The first-order chi connectivity index (χ1) is 13.2. The summed E-state index contributed by atoms with van der Waals surface area (Å²) >= 11 is 0. The van der Waals surface area contributed by atoms with Gasteiger partial charge in [0.2, 0.25) is 5.91 Å². The summed E-state index contributed by atoms with van der Waals surface area (Å²) in [6.45, 7) is 3.06. The van der Waals surface area contributed by atoms with Gasteiger partial charge in [-0.25, -0.2) is 0 Å². The van der Waals surface area contributed by atoms with Crippen molar-refractivity contribution in [2.75, 3.05) is 36.4 Å². The van der Waals surface area contributed by atoms with Crippen molar-refractivity contribution in [1.82, 2.24) is 4.90 Å². The predicted octanol–water partition coefficient (Wildman–Crippen LogP) is 3.39. The number of hydrogen-bond donors (Lipinski definition) is 1. The predicted molar refractivity (Wildman–Crippen MR) is 107 cm³/mol. The lowest BCUT2D eigenvalue weighted by molar-refractivity contribution is -0.122. The van der Waals surface area contributed by atoms with Crippen LogP contribution in [0, 0.1) is 5.92 Å². The van der Waals surface area contributed by atoms with E-state index >= 15 is 0 Å². The monoisotopic (exact) mass is 363 g/mol. The molecule has 5 heteroatoms. The van der Waals surface area contributed by atoms with Crippen molar-refractivity contribution >= 4 is 23.2 Å². The van der Waals surface area contributed by atoms with Gasteiger partial charge >= 0.3 is 0 Å². The quantitative estimate of drug-likeness (QED) is 0.906. The topological polar surface area (TPSA) is 52.7 Å². The van der Waals surface area contributed by atoms with Gasteiger partial charge in [-0.05, 0) is 49.2 Å². The highest BCUT2D eigenvalue weighted by Gasteiger charge is 2.25. The highest BCUT2D eigenvalue weighted by Crippen LogP contribution is 2.28. The zero-order chi connectivity index (χ0) is 18.6. The summed E-state index contributed by atoms with van der Waals surface area (Å²) in [4.78, 5) is 28.8. The largest absolute Gasteiger partial charge is 0.368 e. The van der Waals surface area contributed by atoms with E-state index in [9.17, 15) is 9.59 Å². The van der Waals surface area contributed by atoms with Crippen molar-refractivity contribution in [3.63, 3.8) is 0 Å². The first-order valence-electron chi connectivity index (χ1n) is 9.71. The average molecular weight is 363 g/mol. The molecule has 0 radical (unpaired) electrons. The molecule has 0 atom stereocenters. The Morgan fingerprint density at radius 2 is 1.52 bits per heavy atom. The lowest BCUT2D eigenvalue weighted by atomic mass is 9.85. The van der Waals surface area contributed by atoms with Crippen molar-refractivity contribution in [3.8, 4) is 0 Å². The van der Waals surface area contributed by atoms with Gasteiger partial charge in [0, 0.05) is 49.0 Å². The third kappa shape index (κ3) is 3.97. The van der Waals surface area contributed by atoms with Gasteiger partial charge in [0.15, 0.2) is 0 Å². The molecule has 1 saturated carbocycles. The fourth-order valence-electron chi connectivity index (χ4n) is 3.60. The van der Waals surface area contributed by atoms with Gasteiger partial charge in [0.25, 0.3) is 5.91 Å². The van der Waals surface area contributed by atoms with Crippen LogP contribution in [0.5, 0.6) is 0 Å². The van der Waals surface area contributed by atoms with Gasteiger partial charge < -0.3 is 15.1 Å². The summed E-state index contributed by atoms with van der Waals surface area (Å²) < 4.78 is 0. The third-order valence-electron chi connectivity index (χ3n) is 5.56. The molecule has 0 bridgehead atoms. The molecule has 0 aromatic heterocycles. The van der Waals surface area contributed by atoms with Gasteiger partial charge in [-0.15, -0.1) is 0 Å². The number of carbonyl (C=O) groups is 2. The first-order valence-corrected chi connectivity index (χ1v) is 9.71. The van der Waals surface area contributed by atoms with Gasteiger partial charge in [-0.3, -0.25) is 9.59 Å². The molecule has 0 spiro atoms. The molecule has 1 aliphatic carbocycles. The zero-order valence-corrected chi connectivity index (χ0v) is 15.4. The number of piperazine rings is 1.